The van der Waals surface area contributed by atoms with Crippen molar-refractivity contribution < 1.29 is 19.4 Å². The van der Waals surface area contributed by atoms with E-state index in [1.165, 1.54) is 0 Å². The molecule has 1 atom stereocenters. The first-order valence-corrected chi connectivity index (χ1v) is 11.1. The normalized spacial score (nSPS) is 19.4. The fourth-order valence-corrected chi connectivity index (χ4v) is 4.74. The highest BCUT2D eigenvalue weighted by Gasteiger charge is 2.46. The Kier molecular flexibility index (Phi) is 5.17. The molecule has 3 aromatic carbocycles. The second-order valence-corrected chi connectivity index (χ2v) is 8.34. The molecule has 1 unspecified atom stereocenters. The molecule has 3 aromatic rings. The third-order valence-electron chi connectivity index (χ3n) is 6.37. The first-order valence-electron chi connectivity index (χ1n) is 11.1. The van der Waals surface area contributed by atoms with Gasteiger partial charge in [-0.05, 0) is 46.5 Å². The molecule has 1 amide bonds. The summed E-state index contributed by atoms with van der Waals surface area (Å²) in [5.74, 6) is -0.513. The number of nitrogens with zero attached hydrogens (tertiary/aromatic N) is 1. The third-order valence-corrected chi connectivity index (χ3v) is 6.37. The molecule has 5 nitrogen and oxygen atoms in total. The van der Waals surface area contributed by atoms with Gasteiger partial charge in [0.05, 0.1) is 18.2 Å². The van der Waals surface area contributed by atoms with E-state index in [1.54, 1.807) is 11.0 Å². The van der Waals surface area contributed by atoms with Gasteiger partial charge in [-0.3, -0.25) is 9.59 Å². The lowest BCUT2D eigenvalue weighted by Gasteiger charge is -2.26. The van der Waals surface area contributed by atoms with Crippen molar-refractivity contribution in [1.82, 2.24) is 4.90 Å². The van der Waals surface area contributed by atoms with E-state index < -0.39 is 17.7 Å². The lowest BCUT2D eigenvalue weighted by Crippen LogP contribution is -2.30. The monoisotopic (exact) mass is 427 g/mol. The van der Waals surface area contributed by atoms with Gasteiger partial charge in [0, 0.05) is 18.5 Å². The largest absolute Gasteiger partial charge is 0.507 e. The number of fused-ring (bicyclic) bond motifs is 2. The lowest BCUT2D eigenvalue weighted by atomic mass is 9.91. The predicted octanol–water partition coefficient (Wildman–Crippen LogP) is 5.00. The number of rotatable bonds is 5. The lowest BCUT2D eigenvalue weighted by molar-refractivity contribution is -0.139. The highest BCUT2D eigenvalue weighted by Crippen LogP contribution is 2.42. The van der Waals surface area contributed by atoms with Gasteiger partial charge in [0.15, 0.2) is 0 Å². The maximum atomic E-state index is 13.2. The van der Waals surface area contributed by atoms with Crippen molar-refractivity contribution in [2.45, 2.75) is 32.2 Å². The van der Waals surface area contributed by atoms with Crippen LogP contribution >= 0.6 is 0 Å². The van der Waals surface area contributed by atoms with Gasteiger partial charge in [-0.25, -0.2) is 0 Å². The van der Waals surface area contributed by atoms with Crippen LogP contribution in [0.3, 0.4) is 0 Å². The molecule has 0 spiro atoms. The number of ether oxygens (including phenoxy) is 1. The molecule has 0 saturated carbocycles. The Morgan fingerprint density at radius 1 is 1.09 bits per heavy atom. The van der Waals surface area contributed by atoms with E-state index in [0.717, 1.165) is 46.9 Å². The number of likely N-dealkylation sites (tertiary alicyclic amines) is 1. The minimum Gasteiger partial charge on any atom is -0.507 e. The predicted molar refractivity (Wildman–Crippen MR) is 124 cm³/mol. The van der Waals surface area contributed by atoms with Gasteiger partial charge in [0.2, 0.25) is 0 Å². The Labute approximate surface area is 186 Å². The van der Waals surface area contributed by atoms with Gasteiger partial charge in [-0.15, -0.1) is 0 Å². The van der Waals surface area contributed by atoms with E-state index in [2.05, 4.69) is 6.92 Å². The average Bonchev–Trinajstić information content (AvgIpc) is 3.39. The summed E-state index contributed by atoms with van der Waals surface area (Å²) in [6.07, 6.45) is 2.44. The van der Waals surface area contributed by atoms with E-state index in [1.807, 2.05) is 54.6 Å². The van der Waals surface area contributed by atoms with Crippen LogP contribution in [0.5, 0.6) is 5.75 Å². The van der Waals surface area contributed by atoms with Crippen molar-refractivity contribution in [3.05, 3.63) is 82.9 Å². The van der Waals surface area contributed by atoms with Crippen LogP contribution in [0.25, 0.3) is 16.5 Å². The second-order valence-electron chi connectivity index (χ2n) is 8.34. The highest BCUT2D eigenvalue weighted by atomic mass is 16.5. The van der Waals surface area contributed by atoms with E-state index in [4.69, 9.17) is 4.74 Å². The van der Waals surface area contributed by atoms with Crippen LogP contribution in [0.2, 0.25) is 0 Å². The smallest absolute Gasteiger partial charge is 0.295 e. The fraction of sp³-hybridized carbons (Fsp3) is 0.259. The topological polar surface area (TPSA) is 66.8 Å². The van der Waals surface area contributed by atoms with Crippen LogP contribution in [0.4, 0.5) is 0 Å². The Morgan fingerprint density at radius 3 is 2.75 bits per heavy atom. The van der Waals surface area contributed by atoms with Gasteiger partial charge in [0.25, 0.3) is 11.7 Å². The number of hydrogen-bond acceptors (Lipinski definition) is 4. The molecule has 1 N–H and O–H groups in total. The van der Waals surface area contributed by atoms with Crippen LogP contribution in [-0.4, -0.2) is 34.8 Å². The molecule has 0 aliphatic carbocycles. The Hall–Kier alpha value is -3.60. The zero-order valence-corrected chi connectivity index (χ0v) is 18.0. The number of aliphatic hydroxyl groups excluding tert-OH is 1. The number of amides is 1. The summed E-state index contributed by atoms with van der Waals surface area (Å²) in [6, 6.07) is 18.6. The molecule has 0 radical (unpaired) electrons. The van der Waals surface area contributed by atoms with E-state index in [0.29, 0.717) is 18.7 Å². The minimum absolute atomic E-state index is 0.130. The summed E-state index contributed by atoms with van der Waals surface area (Å²) in [5.41, 5.74) is 2.54. The van der Waals surface area contributed by atoms with E-state index >= 15 is 0 Å². The van der Waals surface area contributed by atoms with Crippen molar-refractivity contribution >= 4 is 28.2 Å². The van der Waals surface area contributed by atoms with Crippen molar-refractivity contribution in [3.8, 4) is 5.75 Å². The molecule has 5 heteroatoms. The number of carbonyl (C=O) groups excluding carboxylic acids is 2. The van der Waals surface area contributed by atoms with Crippen LogP contribution in [0.15, 0.2) is 66.2 Å². The van der Waals surface area contributed by atoms with Gasteiger partial charge in [0.1, 0.15) is 11.5 Å². The summed E-state index contributed by atoms with van der Waals surface area (Å²) in [6.45, 7) is 3.12. The van der Waals surface area contributed by atoms with Crippen LogP contribution < -0.4 is 4.74 Å². The number of carbonyl (C=O) groups is 2. The minimum atomic E-state index is -0.631. The molecule has 5 rings (SSSR count). The van der Waals surface area contributed by atoms with Gasteiger partial charge in [-0.1, -0.05) is 55.8 Å². The maximum Gasteiger partial charge on any atom is 0.295 e. The molecule has 2 aliphatic rings. The summed E-state index contributed by atoms with van der Waals surface area (Å²) in [4.78, 5) is 27.9. The Bertz CT molecular complexity index is 1250. The first-order chi connectivity index (χ1) is 15.6. The summed E-state index contributed by atoms with van der Waals surface area (Å²) in [7, 11) is 0. The van der Waals surface area contributed by atoms with E-state index in [-0.39, 0.29) is 11.3 Å². The molecule has 1 saturated heterocycles. The van der Waals surface area contributed by atoms with Crippen molar-refractivity contribution in [1.29, 1.82) is 0 Å². The van der Waals surface area contributed by atoms with Gasteiger partial charge in [-0.2, -0.15) is 0 Å². The van der Waals surface area contributed by atoms with Crippen LogP contribution in [0, 0.1) is 0 Å². The fourth-order valence-electron chi connectivity index (χ4n) is 4.74. The average molecular weight is 428 g/mol. The molecule has 1 fully saturated rings. The molecule has 0 bridgehead atoms. The van der Waals surface area contributed by atoms with Crippen molar-refractivity contribution in [2.75, 3.05) is 13.2 Å². The number of benzene rings is 3. The zero-order chi connectivity index (χ0) is 22.2. The van der Waals surface area contributed by atoms with Gasteiger partial charge < -0.3 is 14.7 Å². The number of unbranched alkanes of at least 4 members (excludes halogenated alkanes) is 1. The SMILES string of the molecule is CCCCN1C(=O)C(=O)/C(=C(\O)c2ccc3c(c2)CCO3)C1c1cccc2ccccc12. The highest BCUT2D eigenvalue weighted by molar-refractivity contribution is 6.46. The van der Waals surface area contributed by atoms with Crippen LogP contribution in [0.1, 0.15) is 42.5 Å². The Balaban J connectivity index is 1.71. The quantitative estimate of drug-likeness (QED) is 0.354. The molecule has 0 aromatic heterocycles. The molecular weight excluding hydrogens is 402 g/mol. The third kappa shape index (κ3) is 3.25. The van der Waals surface area contributed by atoms with E-state index in [9.17, 15) is 14.7 Å². The maximum absolute atomic E-state index is 13.2. The number of Topliss-reactive ketones (excluding diaryl/α,β-unsaturated/α-hetero) is 1. The number of ketones is 1. The molecule has 2 aliphatic heterocycles. The molecule has 162 valence electrons. The summed E-state index contributed by atoms with van der Waals surface area (Å²) in [5, 5.41) is 13.3. The summed E-state index contributed by atoms with van der Waals surface area (Å²) >= 11 is 0. The van der Waals surface area contributed by atoms with Crippen molar-refractivity contribution in [2.24, 2.45) is 0 Å². The van der Waals surface area contributed by atoms with Crippen molar-refractivity contribution in [3.63, 3.8) is 0 Å². The van der Waals surface area contributed by atoms with Crippen LogP contribution in [-0.2, 0) is 16.0 Å². The van der Waals surface area contributed by atoms with Gasteiger partial charge >= 0.3 is 0 Å². The number of aliphatic hydroxyl groups is 1. The molecular formula is C27H25NO4. The Morgan fingerprint density at radius 2 is 1.91 bits per heavy atom. The molecule has 32 heavy (non-hydrogen) atoms. The standard InChI is InChI=1S/C27H25NO4/c1-2-3-14-28-24(21-10-6-8-17-7-4-5-9-20(17)21)23(26(30)27(28)31)25(29)19-11-12-22-18(16-19)13-15-32-22/h4-12,16,24,29H,2-3,13-15H2,1H3/b25-23-. The zero-order valence-electron chi connectivity index (χ0n) is 18.0. The summed E-state index contributed by atoms with van der Waals surface area (Å²) < 4.78 is 5.57. The molecule has 2 heterocycles. The number of hydrogen-bond donors (Lipinski definition) is 1. The first kappa shape index (κ1) is 20.3. The second kappa shape index (κ2) is 8.15.